The summed E-state index contributed by atoms with van der Waals surface area (Å²) in [6.45, 7) is 0. The van der Waals surface area contributed by atoms with Crippen molar-refractivity contribution >= 4 is 49.0 Å². The van der Waals surface area contributed by atoms with Gasteiger partial charge in [0.1, 0.15) is 5.01 Å². The molecule has 0 N–H and O–H groups in total. The number of carbonyl (C=O) groups excluding carboxylic acids is 1. The molecule has 0 aliphatic heterocycles. The van der Waals surface area contributed by atoms with Gasteiger partial charge in [-0.2, -0.15) is 0 Å². The van der Waals surface area contributed by atoms with Crippen LogP contribution in [0.1, 0.15) is 28.2 Å². The van der Waals surface area contributed by atoms with Gasteiger partial charge in [-0.3, -0.25) is 4.79 Å². The Kier molecular flexibility index (Phi) is 3.38. The van der Waals surface area contributed by atoms with Crippen molar-refractivity contribution in [3.8, 4) is 10.6 Å². The third kappa shape index (κ3) is 2.19. The van der Waals surface area contributed by atoms with E-state index in [0.29, 0.717) is 6.42 Å². The highest BCUT2D eigenvalue weighted by molar-refractivity contribution is 9.13. The minimum Gasteiger partial charge on any atom is -0.293 e. The number of rotatable bonds is 1. The van der Waals surface area contributed by atoms with E-state index in [1.165, 1.54) is 11.3 Å². The van der Waals surface area contributed by atoms with Crippen LogP contribution in [-0.4, -0.2) is 10.8 Å². The zero-order valence-electron chi connectivity index (χ0n) is 9.37. The number of ketones is 1. The maximum Gasteiger partial charge on any atom is 0.174 e. The summed E-state index contributed by atoms with van der Waals surface area (Å²) >= 11 is 8.45. The summed E-state index contributed by atoms with van der Waals surface area (Å²) in [6.07, 6.45) is 2.52. The normalized spacial score (nSPS) is 14.7. The van der Waals surface area contributed by atoms with E-state index in [1.54, 1.807) is 0 Å². The number of halogens is 2. The first-order chi connectivity index (χ1) is 8.65. The maximum atomic E-state index is 11.8. The lowest BCUT2D eigenvalue weighted by atomic mass is 10.0. The average molecular weight is 387 g/mol. The molecule has 0 bridgehead atoms. The second-order valence-corrected chi connectivity index (χ2v) is 6.91. The predicted molar refractivity (Wildman–Crippen MR) is 80.2 cm³/mol. The number of Topliss-reactive ketones (excluding diaryl/α,β-unsaturated/α-hetero) is 1. The van der Waals surface area contributed by atoms with Gasteiger partial charge < -0.3 is 0 Å². The molecular weight excluding hydrogens is 378 g/mol. The molecule has 0 fully saturated rings. The number of carbonyl (C=O) groups is 1. The molecule has 0 radical (unpaired) electrons. The highest BCUT2D eigenvalue weighted by Gasteiger charge is 2.22. The highest BCUT2D eigenvalue weighted by Crippen LogP contribution is 2.35. The first-order valence-electron chi connectivity index (χ1n) is 5.63. The quantitative estimate of drug-likeness (QED) is 0.700. The number of aryl methyl sites for hydroxylation is 1. The topological polar surface area (TPSA) is 30.0 Å². The molecule has 1 aromatic carbocycles. The second kappa shape index (κ2) is 4.87. The second-order valence-electron chi connectivity index (χ2n) is 4.20. The van der Waals surface area contributed by atoms with Crippen LogP contribution in [0.3, 0.4) is 0 Å². The molecule has 18 heavy (non-hydrogen) atoms. The summed E-state index contributed by atoms with van der Waals surface area (Å²) in [5.74, 6) is 0.246. The molecule has 92 valence electrons. The van der Waals surface area contributed by atoms with Gasteiger partial charge in [-0.1, -0.05) is 6.07 Å². The van der Waals surface area contributed by atoms with Gasteiger partial charge in [0.2, 0.25) is 0 Å². The van der Waals surface area contributed by atoms with Crippen molar-refractivity contribution in [2.24, 2.45) is 0 Å². The van der Waals surface area contributed by atoms with E-state index in [2.05, 4.69) is 36.8 Å². The first-order valence-corrected chi connectivity index (χ1v) is 8.04. The number of thiazole rings is 1. The molecule has 0 unspecified atom stereocenters. The Morgan fingerprint density at radius 3 is 2.72 bits per heavy atom. The number of fused-ring (bicyclic) bond motifs is 1. The SMILES string of the molecule is O=C1CCCc2nc(-c3ccc(Br)c(Br)c3)sc21. The number of hydrogen-bond donors (Lipinski definition) is 0. The third-order valence-electron chi connectivity index (χ3n) is 2.93. The van der Waals surface area contributed by atoms with Gasteiger partial charge in [0, 0.05) is 20.9 Å². The van der Waals surface area contributed by atoms with Gasteiger partial charge in [-0.05, 0) is 56.8 Å². The average Bonchev–Trinajstić information content (AvgIpc) is 2.78. The van der Waals surface area contributed by atoms with Crippen LogP contribution < -0.4 is 0 Å². The number of benzene rings is 1. The Morgan fingerprint density at radius 1 is 1.17 bits per heavy atom. The van der Waals surface area contributed by atoms with Crippen molar-refractivity contribution in [3.05, 3.63) is 37.7 Å². The van der Waals surface area contributed by atoms with Crippen molar-refractivity contribution < 1.29 is 4.79 Å². The number of hydrogen-bond acceptors (Lipinski definition) is 3. The zero-order chi connectivity index (χ0) is 12.7. The van der Waals surface area contributed by atoms with Gasteiger partial charge >= 0.3 is 0 Å². The Hall–Kier alpha value is -0.520. The summed E-state index contributed by atoms with van der Waals surface area (Å²) in [6, 6.07) is 6.03. The first kappa shape index (κ1) is 12.5. The van der Waals surface area contributed by atoms with Gasteiger partial charge in [0.15, 0.2) is 5.78 Å². The van der Waals surface area contributed by atoms with E-state index >= 15 is 0 Å². The Balaban J connectivity index is 2.07. The van der Waals surface area contributed by atoms with Crippen molar-refractivity contribution in [2.75, 3.05) is 0 Å². The van der Waals surface area contributed by atoms with Crippen LogP contribution in [0.5, 0.6) is 0 Å². The van der Waals surface area contributed by atoms with Crippen molar-refractivity contribution in [1.82, 2.24) is 4.98 Å². The maximum absolute atomic E-state index is 11.8. The van der Waals surface area contributed by atoms with Crippen LogP contribution in [0.2, 0.25) is 0 Å². The van der Waals surface area contributed by atoms with E-state index in [1.807, 2.05) is 18.2 Å². The fourth-order valence-electron chi connectivity index (χ4n) is 2.02. The minimum atomic E-state index is 0.246. The van der Waals surface area contributed by atoms with Gasteiger partial charge in [-0.15, -0.1) is 11.3 Å². The van der Waals surface area contributed by atoms with E-state index in [4.69, 9.17) is 0 Å². The molecule has 0 atom stereocenters. The van der Waals surface area contributed by atoms with Gasteiger partial charge in [-0.25, -0.2) is 4.98 Å². The van der Waals surface area contributed by atoms with Gasteiger partial charge in [0.25, 0.3) is 0 Å². The van der Waals surface area contributed by atoms with Crippen LogP contribution in [0, 0.1) is 0 Å². The fraction of sp³-hybridized carbons (Fsp3) is 0.231. The molecule has 0 spiro atoms. The lowest BCUT2D eigenvalue weighted by Crippen LogP contribution is -2.07. The molecule has 0 saturated heterocycles. The molecule has 2 nitrogen and oxygen atoms in total. The van der Waals surface area contributed by atoms with E-state index < -0.39 is 0 Å². The molecule has 0 amide bonds. The number of nitrogens with zero attached hydrogens (tertiary/aromatic N) is 1. The standard InChI is InChI=1S/C13H9Br2NOS/c14-8-5-4-7(6-9(8)15)13-16-10-2-1-3-11(17)12(10)18-13/h4-6H,1-3H2. The summed E-state index contributed by atoms with van der Waals surface area (Å²) < 4.78 is 2.02. The molecule has 3 rings (SSSR count). The lowest BCUT2D eigenvalue weighted by molar-refractivity contribution is 0.0976. The Labute approximate surface area is 126 Å². The monoisotopic (exact) mass is 385 g/mol. The van der Waals surface area contributed by atoms with Crippen molar-refractivity contribution in [1.29, 1.82) is 0 Å². The molecule has 1 aromatic heterocycles. The molecule has 1 heterocycles. The van der Waals surface area contributed by atoms with Crippen LogP contribution in [0.25, 0.3) is 10.6 Å². The number of aromatic nitrogens is 1. The van der Waals surface area contributed by atoms with Crippen LogP contribution in [-0.2, 0) is 6.42 Å². The van der Waals surface area contributed by atoms with E-state index in [-0.39, 0.29) is 5.78 Å². The van der Waals surface area contributed by atoms with Gasteiger partial charge in [0.05, 0.1) is 10.6 Å². The Bertz CT molecular complexity index is 636. The van der Waals surface area contributed by atoms with E-state index in [0.717, 1.165) is 42.9 Å². The van der Waals surface area contributed by atoms with E-state index in [9.17, 15) is 4.79 Å². The van der Waals surface area contributed by atoms with Crippen molar-refractivity contribution in [3.63, 3.8) is 0 Å². The summed E-state index contributed by atoms with van der Waals surface area (Å²) in [7, 11) is 0. The van der Waals surface area contributed by atoms with Crippen LogP contribution in [0.15, 0.2) is 27.1 Å². The summed E-state index contributed by atoms with van der Waals surface area (Å²) in [5, 5.41) is 0.934. The Morgan fingerprint density at radius 2 is 2.00 bits per heavy atom. The molecular formula is C13H9Br2NOS. The summed E-state index contributed by atoms with van der Waals surface area (Å²) in [5.41, 5.74) is 2.03. The van der Waals surface area contributed by atoms with Crippen LogP contribution in [0.4, 0.5) is 0 Å². The van der Waals surface area contributed by atoms with Crippen LogP contribution >= 0.6 is 43.2 Å². The largest absolute Gasteiger partial charge is 0.293 e. The molecule has 0 saturated carbocycles. The lowest BCUT2D eigenvalue weighted by Gasteiger charge is -2.06. The minimum absolute atomic E-state index is 0.246. The summed E-state index contributed by atoms with van der Waals surface area (Å²) in [4.78, 5) is 17.3. The molecule has 5 heteroatoms. The highest BCUT2D eigenvalue weighted by atomic mass is 79.9. The zero-order valence-corrected chi connectivity index (χ0v) is 13.4. The third-order valence-corrected chi connectivity index (χ3v) is 6.00. The molecule has 2 aromatic rings. The molecule has 1 aliphatic carbocycles. The molecule has 1 aliphatic rings. The van der Waals surface area contributed by atoms with Crippen molar-refractivity contribution in [2.45, 2.75) is 19.3 Å². The predicted octanol–water partition coefficient (Wildman–Crippen LogP) is 4.85. The smallest absolute Gasteiger partial charge is 0.174 e. The fourth-order valence-corrected chi connectivity index (χ4v) is 3.72.